The highest BCUT2D eigenvalue weighted by Crippen LogP contribution is 2.24. The standard InChI is InChI=1S/C23H27N9/c1-16-14-27-23(28-16)30-21-13-18(5-6-24-21)15-31-9-11-32(12-10-31)20-4-3-19(29-17(20)2)22-25-7-8-26-22/h3-8,13-14H,9-12,15H2,1-2H3,(H,25,26)(H2,24,27,28,30). The highest BCUT2D eigenvalue weighted by molar-refractivity contribution is 5.58. The summed E-state index contributed by atoms with van der Waals surface area (Å²) in [6, 6.07) is 8.37. The predicted octanol–water partition coefficient (Wildman–Crippen LogP) is 3.27. The van der Waals surface area contributed by atoms with Crippen LogP contribution in [0.1, 0.15) is 17.0 Å². The van der Waals surface area contributed by atoms with Crippen LogP contribution in [0.4, 0.5) is 17.5 Å². The summed E-state index contributed by atoms with van der Waals surface area (Å²) in [6.45, 7) is 8.91. The molecule has 1 fully saturated rings. The van der Waals surface area contributed by atoms with E-state index in [1.807, 2.05) is 25.4 Å². The molecule has 0 spiro atoms. The molecular formula is C23H27N9. The van der Waals surface area contributed by atoms with Gasteiger partial charge in [0.15, 0.2) is 5.82 Å². The van der Waals surface area contributed by atoms with Gasteiger partial charge in [0.25, 0.3) is 0 Å². The smallest absolute Gasteiger partial charge is 0.205 e. The second-order valence-corrected chi connectivity index (χ2v) is 8.09. The lowest BCUT2D eigenvalue weighted by Gasteiger charge is -2.36. The van der Waals surface area contributed by atoms with E-state index in [1.54, 1.807) is 12.4 Å². The second-order valence-electron chi connectivity index (χ2n) is 8.09. The van der Waals surface area contributed by atoms with E-state index >= 15 is 0 Å². The molecular weight excluding hydrogens is 402 g/mol. The van der Waals surface area contributed by atoms with Crippen molar-refractivity contribution in [2.45, 2.75) is 20.4 Å². The Morgan fingerprint density at radius 1 is 1.00 bits per heavy atom. The minimum atomic E-state index is 0.711. The summed E-state index contributed by atoms with van der Waals surface area (Å²) in [4.78, 5) is 28.9. The summed E-state index contributed by atoms with van der Waals surface area (Å²) in [6.07, 6.45) is 7.21. The van der Waals surface area contributed by atoms with Crippen LogP contribution in [-0.2, 0) is 6.54 Å². The van der Waals surface area contributed by atoms with Crippen LogP contribution in [0.2, 0.25) is 0 Å². The number of pyridine rings is 2. The maximum absolute atomic E-state index is 4.75. The third-order valence-corrected chi connectivity index (χ3v) is 5.69. The normalized spacial score (nSPS) is 14.6. The van der Waals surface area contributed by atoms with Crippen LogP contribution in [-0.4, -0.2) is 61.0 Å². The molecule has 4 aromatic rings. The van der Waals surface area contributed by atoms with E-state index in [2.05, 4.69) is 65.2 Å². The van der Waals surface area contributed by atoms with Crippen molar-refractivity contribution in [2.75, 3.05) is 36.4 Å². The van der Waals surface area contributed by atoms with E-state index in [0.717, 1.165) is 61.4 Å². The Labute approximate surface area is 187 Å². The van der Waals surface area contributed by atoms with Gasteiger partial charge in [-0.15, -0.1) is 0 Å². The first kappa shape index (κ1) is 20.2. The minimum Gasteiger partial charge on any atom is -0.368 e. The number of hydrogen-bond donors (Lipinski definition) is 3. The van der Waals surface area contributed by atoms with Gasteiger partial charge in [-0.1, -0.05) is 0 Å². The van der Waals surface area contributed by atoms with Gasteiger partial charge in [0.2, 0.25) is 5.95 Å². The Morgan fingerprint density at radius 2 is 1.88 bits per heavy atom. The number of anilines is 3. The van der Waals surface area contributed by atoms with E-state index in [9.17, 15) is 0 Å². The largest absolute Gasteiger partial charge is 0.368 e. The van der Waals surface area contributed by atoms with Crippen molar-refractivity contribution in [1.82, 2.24) is 34.8 Å². The predicted molar refractivity (Wildman–Crippen MR) is 125 cm³/mol. The molecule has 4 aromatic heterocycles. The number of aromatic nitrogens is 6. The van der Waals surface area contributed by atoms with E-state index < -0.39 is 0 Å². The average molecular weight is 430 g/mol. The lowest BCUT2D eigenvalue weighted by Crippen LogP contribution is -2.46. The molecule has 0 bridgehead atoms. The highest BCUT2D eigenvalue weighted by atomic mass is 15.3. The van der Waals surface area contributed by atoms with Gasteiger partial charge in [0.1, 0.15) is 11.5 Å². The second kappa shape index (κ2) is 8.80. The SMILES string of the molecule is Cc1cnc(Nc2cc(CN3CCN(c4ccc(-c5ncc[nH]5)nc4C)CC3)ccn2)[nH]1. The average Bonchev–Trinajstić information content (AvgIpc) is 3.47. The van der Waals surface area contributed by atoms with Crippen molar-refractivity contribution in [1.29, 1.82) is 0 Å². The summed E-state index contributed by atoms with van der Waals surface area (Å²) in [5, 5.41) is 3.23. The van der Waals surface area contributed by atoms with Crippen LogP contribution in [0.25, 0.3) is 11.5 Å². The molecule has 5 heterocycles. The van der Waals surface area contributed by atoms with E-state index in [4.69, 9.17) is 4.98 Å². The van der Waals surface area contributed by atoms with Crippen LogP contribution >= 0.6 is 0 Å². The lowest BCUT2D eigenvalue weighted by molar-refractivity contribution is 0.249. The monoisotopic (exact) mass is 429 g/mol. The molecule has 0 radical (unpaired) electrons. The third kappa shape index (κ3) is 4.47. The molecule has 0 saturated carbocycles. The summed E-state index contributed by atoms with van der Waals surface area (Å²) in [7, 11) is 0. The zero-order chi connectivity index (χ0) is 21.9. The van der Waals surface area contributed by atoms with Gasteiger partial charge in [0.05, 0.1) is 11.4 Å². The number of piperazine rings is 1. The van der Waals surface area contributed by atoms with Gasteiger partial charge in [-0.3, -0.25) is 4.90 Å². The quantitative estimate of drug-likeness (QED) is 0.432. The van der Waals surface area contributed by atoms with Gasteiger partial charge >= 0.3 is 0 Å². The molecule has 3 N–H and O–H groups in total. The lowest BCUT2D eigenvalue weighted by atomic mass is 10.2. The maximum atomic E-state index is 4.75. The number of nitrogens with one attached hydrogen (secondary N) is 3. The van der Waals surface area contributed by atoms with Crippen LogP contribution in [0.3, 0.4) is 0 Å². The Morgan fingerprint density at radius 3 is 2.59 bits per heavy atom. The molecule has 0 unspecified atom stereocenters. The molecule has 0 aliphatic carbocycles. The zero-order valence-corrected chi connectivity index (χ0v) is 18.3. The number of hydrogen-bond acceptors (Lipinski definition) is 7. The van der Waals surface area contributed by atoms with Crippen molar-refractivity contribution in [3.63, 3.8) is 0 Å². The number of imidazole rings is 2. The van der Waals surface area contributed by atoms with Crippen LogP contribution < -0.4 is 10.2 Å². The van der Waals surface area contributed by atoms with Gasteiger partial charge in [-0.2, -0.15) is 0 Å². The minimum absolute atomic E-state index is 0.711. The summed E-state index contributed by atoms with van der Waals surface area (Å²) >= 11 is 0. The van der Waals surface area contributed by atoms with Crippen molar-refractivity contribution < 1.29 is 0 Å². The first-order valence-electron chi connectivity index (χ1n) is 10.8. The first-order chi connectivity index (χ1) is 15.6. The van der Waals surface area contributed by atoms with Crippen LogP contribution in [0.5, 0.6) is 0 Å². The van der Waals surface area contributed by atoms with Crippen LogP contribution in [0, 0.1) is 13.8 Å². The van der Waals surface area contributed by atoms with Gasteiger partial charge in [-0.05, 0) is 43.7 Å². The third-order valence-electron chi connectivity index (χ3n) is 5.69. The number of H-pyrrole nitrogens is 2. The van der Waals surface area contributed by atoms with Gasteiger partial charge in [-0.25, -0.2) is 19.9 Å². The van der Waals surface area contributed by atoms with Crippen LogP contribution in [0.15, 0.2) is 49.1 Å². The Balaban J connectivity index is 1.19. The Bertz CT molecular complexity index is 1170. The number of rotatable bonds is 6. The fourth-order valence-electron chi connectivity index (χ4n) is 4.07. The topological polar surface area (TPSA) is 102 Å². The van der Waals surface area contributed by atoms with E-state index in [-0.39, 0.29) is 0 Å². The molecule has 5 rings (SSSR count). The van der Waals surface area contributed by atoms with Crippen molar-refractivity contribution in [3.05, 3.63) is 66.0 Å². The molecule has 9 heteroatoms. The molecule has 0 aromatic carbocycles. The summed E-state index contributed by atoms with van der Waals surface area (Å²) in [5.41, 5.74) is 5.36. The number of nitrogens with zero attached hydrogens (tertiary/aromatic N) is 6. The zero-order valence-electron chi connectivity index (χ0n) is 18.3. The summed E-state index contributed by atoms with van der Waals surface area (Å²) < 4.78 is 0. The first-order valence-corrected chi connectivity index (χ1v) is 10.8. The maximum Gasteiger partial charge on any atom is 0.205 e. The number of aromatic amines is 2. The van der Waals surface area contributed by atoms with Gasteiger partial charge < -0.3 is 20.2 Å². The molecule has 32 heavy (non-hydrogen) atoms. The molecule has 9 nitrogen and oxygen atoms in total. The fraction of sp³-hybridized carbons (Fsp3) is 0.304. The molecule has 1 saturated heterocycles. The molecule has 0 amide bonds. The van der Waals surface area contributed by atoms with Crippen molar-refractivity contribution in [3.8, 4) is 11.5 Å². The molecule has 164 valence electrons. The molecule has 1 aliphatic rings. The Kier molecular flexibility index (Phi) is 5.55. The number of aryl methyl sites for hydroxylation is 2. The van der Waals surface area contributed by atoms with Crippen molar-refractivity contribution >= 4 is 17.5 Å². The Hall–Kier alpha value is -3.72. The molecule has 1 aliphatic heterocycles. The van der Waals surface area contributed by atoms with Gasteiger partial charge in [0, 0.05) is 63.2 Å². The fourth-order valence-corrected chi connectivity index (χ4v) is 4.07. The van der Waals surface area contributed by atoms with E-state index in [1.165, 1.54) is 11.3 Å². The van der Waals surface area contributed by atoms with Crippen molar-refractivity contribution in [2.24, 2.45) is 0 Å². The van der Waals surface area contributed by atoms with E-state index in [0.29, 0.717) is 5.95 Å². The molecule has 0 atom stereocenters. The summed E-state index contributed by atoms with van der Waals surface area (Å²) in [5.74, 6) is 2.31. The highest BCUT2D eigenvalue weighted by Gasteiger charge is 2.19.